The number of amides is 3. The lowest BCUT2D eigenvalue weighted by molar-refractivity contribution is -0.117. The van der Waals surface area contributed by atoms with Crippen LogP contribution in [0.4, 0.5) is 16.2 Å². The van der Waals surface area contributed by atoms with Gasteiger partial charge in [-0.3, -0.25) is 4.79 Å². The lowest BCUT2D eigenvalue weighted by atomic mass is 10.0. The third-order valence-corrected chi connectivity index (χ3v) is 5.99. The fourth-order valence-electron chi connectivity index (χ4n) is 3.53. The molecule has 0 unspecified atom stereocenters. The van der Waals surface area contributed by atoms with Crippen molar-refractivity contribution in [1.29, 1.82) is 0 Å². The number of urea groups is 1. The number of benzene rings is 3. The van der Waals surface area contributed by atoms with Gasteiger partial charge in [-0.1, -0.05) is 41.4 Å². The molecule has 4 rings (SSSR count). The fourth-order valence-corrected chi connectivity index (χ4v) is 3.83. The number of aromatic nitrogens is 1. The van der Waals surface area contributed by atoms with Crippen molar-refractivity contribution in [3.63, 3.8) is 0 Å². The lowest BCUT2D eigenvalue weighted by Crippen LogP contribution is -2.46. The molecule has 1 atom stereocenters. The van der Waals surface area contributed by atoms with Crippen LogP contribution in [-0.4, -0.2) is 30.1 Å². The number of para-hydroxylation sites is 1. The van der Waals surface area contributed by atoms with E-state index in [0.29, 0.717) is 27.2 Å². The number of rotatable bonds is 7. The maximum atomic E-state index is 13.2. The van der Waals surface area contributed by atoms with E-state index < -0.39 is 12.1 Å². The van der Waals surface area contributed by atoms with Crippen LogP contribution in [0.25, 0.3) is 10.9 Å². The molecule has 4 aromatic rings. The Morgan fingerprint density at radius 1 is 0.941 bits per heavy atom. The summed E-state index contributed by atoms with van der Waals surface area (Å²) in [6.45, 7) is 0. The number of methoxy groups -OCH3 is 1. The van der Waals surface area contributed by atoms with Gasteiger partial charge >= 0.3 is 6.03 Å². The molecule has 3 amide bonds. The quantitative estimate of drug-likeness (QED) is 0.258. The maximum Gasteiger partial charge on any atom is 0.319 e. The van der Waals surface area contributed by atoms with Crippen LogP contribution in [0, 0.1) is 0 Å². The van der Waals surface area contributed by atoms with E-state index in [1.807, 2.05) is 30.5 Å². The van der Waals surface area contributed by atoms with E-state index >= 15 is 0 Å². The molecule has 9 heteroatoms. The molecule has 1 aromatic heterocycles. The number of hydrogen-bond donors (Lipinski definition) is 4. The molecule has 0 fully saturated rings. The summed E-state index contributed by atoms with van der Waals surface area (Å²) in [6, 6.07) is 18.1. The lowest BCUT2D eigenvalue weighted by Gasteiger charge is -2.19. The van der Waals surface area contributed by atoms with Gasteiger partial charge in [0.15, 0.2) is 0 Å². The number of ether oxygens (including phenoxy) is 1. The molecule has 4 N–H and O–H groups in total. The average molecular weight is 497 g/mol. The summed E-state index contributed by atoms with van der Waals surface area (Å²) < 4.78 is 5.16. The van der Waals surface area contributed by atoms with Gasteiger partial charge in [-0.25, -0.2) is 4.79 Å². The van der Waals surface area contributed by atoms with Crippen LogP contribution >= 0.6 is 23.2 Å². The van der Waals surface area contributed by atoms with Gasteiger partial charge in [0, 0.05) is 34.9 Å². The van der Waals surface area contributed by atoms with Gasteiger partial charge < -0.3 is 25.7 Å². The summed E-state index contributed by atoms with van der Waals surface area (Å²) in [7, 11) is 1.57. The van der Waals surface area contributed by atoms with E-state index in [1.165, 1.54) is 6.07 Å². The summed E-state index contributed by atoms with van der Waals surface area (Å²) >= 11 is 12.0. The highest BCUT2D eigenvalue weighted by atomic mass is 35.5. The molecular weight excluding hydrogens is 475 g/mol. The first-order valence-electron chi connectivity index (χ1n) is 10.5. The summed E-state index contributed by atoms with van der Waals surface area (Å²) in [6.07, 6.45) is 2.12. The molecule has 1 heterocycles. The van der Waals surface area contributed by atoms with Crippen molar-refractivity contribution in [3.8, 4) is 5.75 Å². The number of halogens is 2. The molecule has 3 aromatic carbocycles. The largest absolute Gasteiger partial charge is 0.497 e. The monoisotopic (exact) mass is 496 g/mol. The summed E-state index contributed by atoms with van der Waals surface area (Å²) in [5, 5.41) is 9.99. The molecule has 0 spiro atoms. The van der Waals surface area contributed by atoms with Crippen molar-refractivity contribution >= 4 is 57.4 Å². The van der Waals surface area contributed by atoms with E-state index in [0.717, 1.165) is 16.5 Å². The molecule has 0 radical (unpaired) electrons. The van der Waals surface area contributed by atoms with Crippen LogP contribution in [0.2, 0.25) is 10.0 Å². The van der Waals surface area contributed by atoms with Crippen LogP contribution in [0.3, 0.4) is 0 Å². The van der Waals surface area contributed by atoms with E-state index in [4.69, 9.17) is 27.9 Å². The Bertz CT molecular complexity index is 1320. The molecule has 0 aliphatic heterocycles. The van der Waals surface area contributed by atoms with Gasteiger partial charge in [0.05, 0.1) is 17.2 Å². The van der Waals surface area contributed by atoms with E-state index in [2.05, 4.69) is 20.9 Å². The smallest absolute Gasteiger partial charge is 0.319 e. The molecule has 0 saturated carbocycles. The Kier molecular flexibility index (Phi) is 7.25. The van der Waals surface area contributed by atoms with Crippen LogP contribution in [0.1, 0.15) is 5.56 Å². The molecule has 7 nitrogen and oxygen atoms in total. The SMILES string of the molecule is COc1ccc(NC(=O)[C@H](Cc2c[nH]c3ccccc23)NC(=O)Nc2ccc(Cl)c(Cl)c2)cc1. The number of nitrogens with one attached hydrogen (secondary N) is 4. The van der Waals surface area contributed by atoms with Gasteiger partial charge in [-0.05, 0) is 54.1 Å². The topological polar surface area (TPSA) is 95.2 Å². The van der Waals surface area contributed by atoms with Crippen LogP contribution in [0.5, 0.6) is 5.75 Å². The van der Waals surface area contributed by atoms with Crippen molar-refractivity contribution in [2.45, 2.75) is 12.5 Å². The molecule has 0 bridgehead atoms. The molecule has 174 valence electrons. The minimum atomic E-state index is -0.857. The molecule has 0 aliphatic rings. The number of carbonyl (C=O) groups is 2. The highest BCUT2D eigenvalue weighted by Gasteiger charge is 2.23. The highest BCUT2D eigenvalue weighted by molar-refractivity contribution is 6.42. The van der Waals surface area contributed by atoms with Crippen LogP contribution < -0.4 is 20.7 Å². The van der Waals surface area contributed by atoms with Crippen LogP contribution in [-0.2, 0) is 11.2 Å². The second-order valence-corrected chi connectivity index (χ2v) is 8.38. The Balaban J connectivity index is 1.53. The molecular formula is C25H22Cl2N4O3. The van der Waals surface area contributed by atoms with Crippen molar-refractivity contribution in [2.24, 2.45) is 0 Å². The van der Waals surface area contributed by atoms with E-state index in [-0.39, 0.29) is 12.3 Å². The number of H-pyrrole nitrogens is 1. The van der Waals surface area contributed by atoms with Crippen molar-refractivity contribution in [2.75, 3.05) is 17.7 Å². The Hall–Kier alpha value is -3.68. The minimum absolute atomic E-state index is 0.279. The normalized spacial score (nSPS) is 11.6. The predicted octanol–water partition coefficient (Wildman–Crippen LogP) is 5.85. The van der Waals surface area contributed by atoms with Gasteiger partial charge in [0.1, 0.15) is 11.8 Å². The van der Waals surface area contributed by atoms with Gasteiger partial charge in [0.25, 0.3) is 0 Å². The number of carbonyl (C=O) groups excluding carboxylic acids is 2. The van der Waals surface area contributed by atoms with Crippen LogP contribution in [0.15, 0.2) is 72.9 Å². The van der Waals surface area contributed by atoms with Crippen molar-refractivity contribution < 1.29 is 14.3 Å². The zero-order chi connectivity index (χ0) is 24.1. The number of aromatic amines is 1. The fraction of sp³-hybridized carbons (Fsp3) is 0.120. The van der Waals surface area contributed by atoms with E-state index in [9.17, 15) is 9.59 Å². The summed E-state index contributed by atoms with van der Waals surface area (Å²) in [5.74, 6) is 0.312. The average Bonchev–Trinajstić information content (AvgIpc) is 3.24. The van der Waals surface area contributed by atoms with Gasteiger partial charge in [-0.2, -0.15) is 0 Å². The molecule has 0 aliphatic carbocycles. The Morgan fingerprint density at radius 3 is 2.41 bits per heavy atom. The zero-order valence-electron chi connectivity index (χ0n) is 18.2. The minimum Gasteiger partial charge on any atom is -0.497 e. The Morgan fingerprint density at radius 2 is 1.68 bits per heavy atom. The number of hydrogen-bond acceptors (Lipinski definition) is 3. The number of fused-ring (bicyclic) bond motifs is 1. The Labute approximate surface area is 206 Å². The second-order valence-electron chi connectivity index (χ2n) is 7.56. The highest BCUT2D eigenvalue weighted by Crippen LogP contribution is 2.25. The van der Waals surface area contributed by atoms with E-state index in [1.54, 1.807) is 43.5 Å². The second kappa shape index (κ2) is 10.5. The predicted molar refractivity (Wildman–Crippen MR) is 136 cm³/mol. The zero-order valence-corrected chi connectivity index (χ0v) is 19.7. The standard InChI is InChI=1S/C25H22Cl2N4O3/c1-34-18-9-6-16(7-10-18)29-24(32)23(12-15-14-28-22-5-3-2-4-19(15)22)31-25(33)30-17-8-11-20(26)21(27)13-17/h2-11,13-14,23,28H,12H2,1H3,(H,29,32)(H2,30,31,33)/t23-/m0/s1. The third-order valence-electron chi connectivity index (χ3n) is 5.26. The molecule has 0 saturated heterocycles. The number of anilines is 2. The van der Waals surface area contributed by atoms with Gasteiger partial charge in [-0.15, -0.1) is 0 Å². The third kappa shape index (κ3) is 5.62. The first kappa shape index (κ1) is 23.5. The van der Waals surface area contributed by atoms with Crippen molar-refractivity contribution in [1.82, 2.24) is 10.3 Å². The summed E-state index contributed by atoms with van der Waals surface area (Å²) in [4.78, 5) is 29.1. The first-order valence-corrected chi connectivity index (χ1v) is 11.2. The van der Waals surface area contributed by atoms with Gasteiger partial charge in [0.2, 0.25) is 5.91 Å². The first-order chi connectivity index (χ1) is 16.4. The summed E-state index contributed by atoms with van der Waals surface area (Å²) in [5.41, 5.74) is 2.89. The maximum absolute atomic E-state index is 13.2. The van der Waals surface area contributed by atoms with Crippen molar-refractivity contribution in [3.05, 3.63) is 88.5 Å². The molecule has 34 heavy (non-hydrogen) atoms.